The third-order valence-electron chi connectivity index (χ3n) is 4.09. The van der Waals surface area contributed by atoms with Gasteiger partial charge in [-0.25, -0.2) is 9.78 Å². The summed E-state index contributed by atoms with van der Waals surface area (Å²) in [6, 6.07) is 5.79. The minimum atomic E-state index is -0.837. The van der Waals surface area contributed by atoms with Gasteiger partial charge in [-0.15, -0.1) is 11.3 Å². The van der Waals surface area contributed by atoms with Crippen molar-refractivity contribution in [3.63, 3.8) is 0 Å². The highest BCUT2D eigenvalue weighted by atomic mass is 32.1. The molecule has 0 aliphatic rings. The first-order valence-corrected chi connectivity index (χ1v) is 8.33. The minimum absolute atomic E-state index is 0.125. The van der Waals surface area contributed by atoms with Crippen LogP contribution in [-0.4, -0.2) is 34.9 Å². The van der Waals surface area contributed by atoms with Crippen LogP contribution in [0.5, 0.6) is 0 Å². The number of esters is 1. The molecule has 5 nitrogen and oxygen atoms in total. The highest BCUT2D eigenvalue weighted by Crippen LogP contribution is 2.27. The first-order chi connectivity index (χ1) is 10.7. The largest absolute Gasteiger partial charge is 0.462 e. The maximum atomic E-state index is 12.4. The quantitative estimate of drug-likeness (QED) is 0.639. The van der Waals surface area contributed by atoms with Gasteiger partial charge in [-0.1, -0.05) is 26.8 Å². The molecule has 1 aromatic heterocycles. The van der Waals surface area contributed by atoms with Gasteiger partial charge in [-0.05, 0) is 30.0 Å². The molecule has 1 aromatic carbocycles. The zero-order valence-electron chi connectivity index (χ0n) is 14.1. The van der Waals surface area contributed by atoms with E-state index in [4.69, 9.17) is 0 Å². The lowest BCUT2D eigenvalue weighted by Crippen LogP contribution is -2.48. The molecule has 2 aromatic rings. The Hall–Kier alpha value is -1.95. The molecule has 1 amide bonds. The number of rotatable bonds is 3. The summed E-state index contributed by atoms with van der Waals surface area (Å²) in [5.74, 6) is -1.45. The Kier molecular flexibility index (Phi) is 5.04. The fraction of sp³-hybridized carbons (Fsp3) is 0.471. The van der Waals surface area contributed by atoms with E-state index in [1.54, 1.807) is 21.7 Å². The third kappa shape index (κ3) is 3.88. The Labute approximate surface area is 140 Å². The Morgan fingerprint density at radius 2 is 2.04 bits per heavy atom. The van der Waals surface area contributed by atoms with E-state index >= 15 is 0 Å². The molecular formula is C17H22N2O3S. The van der Waals surface area contributed by atoms with Crippen LogP contribution >= 0.6 is 11.3 Å². The van der Waals surface area contributed by atoms with Crippen LogP contribution in [0, 0.1) is 5.41 Å². The van der Waals surface area contributed by atoms with E-state index in [1.807, 2.05) is 45.9 Å². The van der Waals surface area contributed by atoms with E-state index in [0.29, 0.717) is 6.54 Å². The van der Waals surface area contributed by atoms with Crippen LogP contribution in [0.2, 0.25) is 0 Å². The molecule has 124 valence electrons. The number of benzene rings is 1. The average molecular weight is 334 g/mol. The second-order valence-corrected chi connectivity index (χ2v) is 7.51. The standard InChI is InChI=1S/C17H22N2O3S/c1-11(17(2,3)4)19(15(20)16(21)22-5)9-12-6-7-14-13(8-12)18-10-23-14/h6-8,10-11H,9H2,1-5H3/t11-/m1/s1. The number of ether oxygens (including phenoxy) is 1. The van der Waals surface area contributed by atoms with Gasteiger partial charge in [0.25, 0.3) is 0 Å². The maximum absolute atomic E-state index is 12.4. The SMILES string of the molecule is COC(=O)C(=O)N(Cc1ccc2scnc2c1)[C@H](C)C(C)(C)C. The molecule has 1 atom stereocenters. The van der Waals surface area contributed by atoms with Gasteiger partial charge in [0.15, 0.2) is 0 Å². The van der Waals surface area contributed by atoms with Crippen LogP contribution in [0.15, 0.2) is 23.7 Å². The number of hydrogen-bond acceptors (Lipinski definition) is 5. The van der Waals surface area contributed by atoms with Crippen LogP contribution in [0.1, 0.15) is 33.3 Å². The predicted molar refractivity (Wildman–Crippen MR) is 91.1 cm³/mol. The molecule has 0 bridgehead atoms. The fourth-order valence-corrected chi connectivity index (χ4v) is 2.91. The van der Waals surface area contributed by atoms with Crippen LogP contribution in [0.4, 0.5) is 0 Å². The number of carbonyl (C=O) groups excluding carboxylic acids is 2. The van der Waals surface area contributed by atoms with Crippen LogP contribution < -0.4 is 0 Å². The van der Waals surface area contributed by atoms with Gasteiger partial charge in [0.1, 0.15) is 0 Å². The number of thiazole rings is 1. The lowest BCUT2D eigenvalue weighted by Gasteiger charge is -2.37. The van der Waals surface area contributed by atoms with Crippen molar-refractivity contribution in [3.05, 3.63) is 29.3 Å². The summed E-state index contributed by atoms with van der Waals surface area (Å²) in [6.45, 7) is 8.42. The lowest BCUT2D eigenvalue weighted by molar-refractivity contribution is -0.160. The molecule has 0 aliphatic heterocycles. The molecule has 0 N–H and O–H groups in total. The summed E-state index contributed by atoms with van der Waals surface area (Å²) in [6.07, 6.45) is 0. The molecule has 0 radical (unpaired) electrons. The summed E-state index contributed by atoms with van der Waals surface area (Å²) in [5, 5.41) is 0. The van der Waals surface area contributed by atoms with Gasteiger partial charge in [0.05, 0.1) is 22.8 Å². The highest BCUT2D eigenvalue weighted by Gasteiger charge is 2.33. The average Bonchev–Trinajstić information content (AvgIpc) is 2.97. The molecular weight excluding hydrogens is 312 g/mol. The lowest BCUT2D eigenvalue weighted by atomic mass is 9.86. The van der Waals surface area contributed by atoms with E-state index in [1.165, 1.54) is 7.11 Å². The molecule has 2 rings (SSSR count). The number of amides is 1. The maximum Gasteiger partial charge on any atom is 0.396 e. The first-order valence-electron chi connectivity index (χ1n) is 7.45. The van der Waals surface area contributed by atoms with E-state index in [-0.39, 0.29) is 11.5 Å². The summed E-state index contributed by atoms with van der Waals surface area (Å²) < 4.78 is 5.71. The van der Waals surface area contributed by atoms with Gasteiger partial charge < -0.3 is 9.64 Å². The number of nitrogens with zero attached hydrogens (tertiary/aromatic N) is 2. The molecule has 0 spiro atoms. The van der Waals surface area contributed by atoms with Crippen molar-refractivity contribution in [2.75, 3.05) is 7.11 Å². The van der Waals surface area contributed by atoms with E-state index in [9.17, 15) is 9.59 Å². The smallest absolute Gasteiger partial charge is 0.396 e. The van der Waals surface area contributed by atoms with Crippen molar-refractivity contribution in [1.29, 1.82) is 0 Å². The van der Waals surface area contributed by atoms with Crippen molar-refractivity contribution in [1.82, 2.24) is 9.88 Å². The number of hydrogen-bond donors (Lipinski definition) is 0. The minimum Gasteiger partial charge on any atom is -0.462 e. The summed E-state index contributed by atoms with van der Waals surface area (Å²) in [5.41, 5.74) is 3.48. The Bertz CT molecular complexity index is 718. The van der Waals surface area contributed by atoms with Crippen LogP contribution in [0.3, 0.4) is 0 Å². The molecule has 23 heavy (non-hydrogen) atoms. The molecule has 0 unspecified atom stereocenters. The van der Waals surface area contributed by atoms with Crippen molar-refractivity contribution < 1.29 is 14.3 Å². The van der Waals surface area contributed by atoms with Gasteiger partial charge in [0.2, 0.25) is 0 Å². The molecule has 1 heterocycles. The van der Waals surface area contributed by atoms with Gasteiger partial charge in [-0.2, -0.15) is 0 Å². The molecule has 0 saturated carbocycles. The number of fused-ring (bicyclic) bond motifs is 1. The van der Waals surface area contributed by atoms with E-state index in [0.717, 1.165) is 15.8 Å². The molecule has 0 fully saturated rings. The van der Waals surface area contributed by atoms with Crippen LogP contribution in [-0.2, 0) is 20.9 Å². The van der Waals surface area contributed by atoms with Crippen molar-refractivity contribution in [3.8, 4) is 0 Å². The monoisotopic (exact) mass is 334 g/mol. The van der Waals surface area contributed by atoms with Crippen LogP contribution in [0.25, 0.3) is 10.2 Å². The van der Waals surface area contributed by atoms with Crippen molar-refractivity contribution >= 4 is 33.4 Å². The number of carbonyl (C=O) groups is 2. The summed E-state index contributed by atoms with van der Waals surface area (Å²) in [4.78, 5) is 30.0. The van der Waals surface area contributed by atoms with Gasteiger partial charge >= 0.3 is 11.9 Å². The Morgan fingerprint density at radius 3 is 2.65 bits per heavy atom. The fourth-order valence-electron chi connectivity index (χ4n) is 2.26. The topological polar surface area (TPSA) is 59.5 Å². The molecule has 6 heteroatoms. The highest BCUT2D eigenvalue weighted by molar-refractivity contribution is 7.16. The zero-order chi connectivity index (χ0) is 17.2. The Morgan fingerprint density at radius 1 is 1.35 bits per heavy atom. The van der Waals surface area contributed by atoms with Gasteiger partial charge in [-0.3, -0.25) is 4.79 Å². The summed E-state index contributed by atoms with van der Waals surface area (Å²) >= 11 is 1.57. The molecule has 0 saturated heterocycles. The second kappa shape index (κ2) is 6.66. The normalized spacial score (nSPS) is 12.9. The second-order valence-electron chi connectivity index (χ2n) is 6.62. The van der Waals surface area contributed by atoms with Gasteiger partial charge in [0, 0.05) is 12.6 Å². The van der Waals surface area contributed by atoms with E-state index in [2.05, 4.69) is 9.72 Å². The number of aromatic nitrogens is 1. The summed E-state index contributed by atoms with van der Waals surface area (Å²) in [7, 11) is 1.22. The van der Waals surface area contributed by atoms with E-state index < -0.39 is 11.9 Å². The van der Waals surface area contributed by atoms with Crippen molar-refractivity contribution in [2.45, 2.75) is 40.3 Å². The van der Waals surface area contributed by atoms with Crippen molar-refractivity contribution in [2.24, 2.45) is 5.41 Å². The molecule has 0 aliphatic carbocycles. The first kappa shape index (κ1) is 17.4. The Balaban J connectivity index is 2.32. The predicted octanol–water partition coefficient (Wildman–Crippen LogP) is 3.23. The number of methoxy groups -OCH3 is 1. The zero-order valence-corrected chi connectivity index (χ0v) is 14.9. The third-order valence-corrected chi connectivity index (χ3v) is 4.90.